The number of nitrogens with one attached hydrogen (secondary N) is 2. The van der Waals surface area contributed by atoms with Crippen LogP contribution in [0, 0.1) is 6.92 Å². The summed E-state index contributed by atoms with van der Waals surface area (Å²) < 4.78 is 25.7. The molecular weight excluding hydrogens is 224 g/mol. The third-order valence-electron chi connectivity index (χ3n) is 1.69. The van der Waals surface area contributed by atoms with Crippen molar-refractivity contribution in [1.82, 2.24) is 8.96 Å². The molecule has 0 unspecified atom stereocenters. The predicted octanol–water partition coefficient (Wildman–Crippen LogP) is 1.07. The number of halogens is 1. The molecule has 0 radical (unpaired) electrons. The van der Waals surface area contributed by atoms with Crippen LogP contribution in [0.15, 0.2) is 24.3 Å². The van der Waals surface area contributed by atoms with Gasteiger partial charge >= 0.3 is 0 Å². The molecule has 0 amide bonds. The molecule has 1 aromatic rings. The van der Waals surface area contributed by atoms with E-state index >= 15 is 0 Å². The van der Waals surface area contributed by atoms with Crippen molar-refractivity contribution in [2.24, 2.45) is 0 Å². The van der Waals surface area contributed by atoms with Crippen molar-refractivity contribution in [1.29, 1.82) is 0 Å². The fourth-order valence-electron chi connectivity index (χ4n) is 0.912. The summed E-state index contributed by atoms with van der Waals surface area (Å²) in [6, 6.07) is 7.54. The standard InChI is InChI=1S/C8H11ClN2O2S/c1-7-2-4-8(5-3-7)6-10-14(12,13)11-9/h2-5,10-11H,6H2,1H3. The molecule has 0 spiro atoms. The Balaban J connectivity index is 2.59. The summed E-state index contributed by atoms with van der Waals surface area (Å²) in [5.74, 6) is 0. The van der Waals surface area contributed by atoms with Crippen LogP contribution in [0.25, 0.3) is 0 Å². The minimum absolute atomic E-state index is 0.225. The molecule has 0 aliphatic heterocycles. The zero-order valence-corrected chi connectivity index (χ0v) is 9.19. The highest BCUT2D eigenvalue weighted by molar-refractivity contribution is 7.88. The van der Waals surface area contributed by atoms with Crippen molar-refractivity contribution < 1.29 is 8.42 Å². The Morgan fingerprint density at radius 1 is 1.29 bits per heavy atom. The Bertz CT molecular complexity index is 388. The Morgan fingerprint density at radius 3 is 2.36 bits per heavy atom. The van der Waals surface area contributed by atoms with Crippen LogP contribution in [-0.4, -0.2) is 8.42 Å². The van der Waals surface area contributed by atoms with Gasteiger partial charge in [-0.25, -0.2) is 0 Å². The van der Waals surface area contributed by atoms with Gasteiger partial charge < -0.3 is 0 Å². The first kappa shape index (κ1) is 11.5. The highest BCUT2D eigenvalue weighted by atomic mass is 35.5. The van der Waals surface area contributed by atoms with Crippen molar-refractivity contribution in [2.75, 3.05) is 0 Å². The lowest BCUT2D eigenvalue weighted by molar-refractivity contribution is 0.579. The van der Waals surface area contributed by atoms with Crippen LogP contribution in [0.4, 0.5) is 0 Å². The number of hydrogen-bond acceptors (Lipinski definition) is 2. The number of hydrogen-bond donors (Lipinski definition) is 2. The van der Waals surface area contributed by atoms with Crippen LogP contribution in [0.5, 0.6) is 0 Å². The van der Waals surface area contributed by atoms with Crippen LogP contribution < -0.4 is 8.96 Å². The summed E-state index contributed by atoms with van der Waals surface area (Å²) in [5, 5.41) is 0. The molecule has 2 N–H and O–H groups in total. The van der Waals surface area contributed by atoms with E-state index in [-0.39, 0.29) is 6.54 Å². The topological polar surface area (TPSA) is 58.2 Å². The molecule has 14 heavy (non-hydrogen) atoms. The molecule has 0 aliphatic rings. The van der Waals surface area contributed by atoms with Crippen molar-refractivity contribution in [2.45, 2.75) is 13.5 Å². The number of benzene rings is 1. The smallest absolute Gasteiger partial charge is 0.197 e. The average Bonchev–Trinajstić information content (AvgIpc) is 2.17. The second-order valence-electron chi connectivity index (χ2n) is 2.89. The fraction of sp³-hybridized carbons (Fsp3) is 0.250. The summed E-state index contributed by atoms with van der Waals surface area (Å²) in [6.07, 6.45) is 0. The van der Waals surface area contributed by atoms with E-state index in [4.69, 9.17) is 11.8 Å². The lowest BCUT2D eigenvalue weighted by atomic mass is 10.2. The highest BCUT2D eigenvalue weighted by Gasteiger charge is 2.05. The summed E-state index contributed by atoms with van der Waals surface area (Å²) in [4.78, 5) is 0. The minimum atomic E-state index is -3.56. The van der Waals surface area contributed by atoms with Gasteiger partial charge in [0.2, 0.25) is 0 Å². The molecule has 1 aromatic carbocycles. The van der Waals surface area contributed by atoms with E-state index in [1.54, 1.807) is 4.24 Å². The Kier molecular flexibility index (Phi) is 3.88. The summed E-state index contributed by atoms with van der Waals surface area (Å²) in [6.45, 7) is 2.19. The summed E-state index contributed by atoms with van der Waals surface area (Å²) in [5.41, 5.74) is 2.01. The SMILES string of the molecule is Cc1ccc(CNS(=O)(=O)NCl)cc1. The maximum Gasteiger partial charge on any atom is 0.290 e. The first-order chi connectivity index (χ1) is 6.53. The monoisotopic (exact) mass is 234 g/mol. The van der Waals surface area contributed by atoms with Gasteiger partial charge in [0.1, 0.15) is 0 Å². The van der Waals surface area contributed by atoms with Gasteiger partial charge in [-0.1, -0.05) is 29.8 Å². The molecule has 6 heteroatoms. The van der Waals surface area contributed by atoms with Gasteiger partial charge in [-0.2, -0.15) is 13.1 Å². The highest BCUT2D eigenvalue weighted by Crippen LogP contribution is 2.02. The zero-order valence-electron chi connectivity index (χ0n) is 7.62. The molecule has 0 heterocycles. The fourth-order valence-corrected chi connectivity index (χ4v) is 1.49. The Labute approximate surface area is 88.6 Å². The van der Waals surface area contributed by atoms with Gasteiger partial charge in [-0.15, -0.1) is 4.24 Å². The zero-order chi connectivity index (χ0) is 10.6. The van der Waals surface area contributed by atoms with Crippen LogP contribution in [0.2, 0.25) is 0 Å². The molecule has 0 bridgehead atoms. The summed E-state index contributed by atoms with van der Waals surface area (Å²) in [7, 11) is -3.56. The Morgan fingerprint density at radius 2 is 1.86 bits per heavy atom. The van der Waals surface area contributed by atoms with Gasteiger partial charge in [0.25, 0.3) is 10.2 Å². The number of aryl methyl sites for hydroxylation is 1. The molecular formula is C8H11ClN2O2S. The van der Waals surface area contributed by atoms with Gasteiger partial charge in [-0.3, -0.25) is 0 Å². The van der Waals surface area contributed by atoms with Gasteiger partial charge in [0.05, 0.1) is 0 Å². The van der Waals surface area contributed by atoms with Crippen molar-refractivity contribution in [3.8, 4) is 0 Å². The van der Waals surface area contributed by atoms with Crippen LogP contribution >= 0.6 is 11.8 Å². The molecule has 0 aromatic heterocycles. The normalized spacial score (nSPS) is 11.6. The molecule has 0 atom stereocenters. The van der Waals surface area contributed by atoms with Gasteiger partial charge in [-0.05, 0) is 24.3 Å². The maximum atomic E-state index is 10.9. The largest absolute Gasteiger partial charge is 0.290 e. The van der Waals surface area contributed by atoms with E-state index in [1.807, 2.05) is 31.2 Å². The summed E-state index contributed by atoms with van der Waals surface area (Å²) >= 11 is 4.98. The second-order valence-corrected chi connectivity index (χ2v) is 4.80. The molecule has 78 valence electrons. The average molecular weight is 235 g/mol. The lowest BCUT2D eigenvalue weighted by Crippen LogP contribution is -2.30. The molecule has 0 aliphatic carbocycles. The van der Waals surface area contributed by atoms with Gasteiger partial charge in [0.15, 0.2) is 0 Å². The minimum Gasteiger partial charge on any atom is -0.197 e. The first-order valence-corrected chi connectivity index (χ1v) is 5.82. The van der Waals surface area contributed by atoms with Crippen LogP contribution in [-0.2, 0) is 16.8 Å². The third-order valence-corrected chi connectivity index (χ3v) is 3.03. The van der Waals surface area contributed by atoms with Crippen molar-refractivity contribution in [3.63, 3.8) is 0 Å². The van der Waals surface area contributed by atoms with Crippen LogP contribution in [0.3, 0.4) is 0 Å². The quantitative estimate of drug-likeness (QED) is 0.766. The Hall–Kier alpha value is -0.620. The van der Waals surface area contributed by atoms with E-state index in [9.17, 15) is 8.42 Å². The van der Waals surface area contributed by atoms with Crippen LogP contribution in [0.1, 0.15) is 11.1 Å². The van der Waals surface area contributed by atoms with E-state index in [2.05, 4.69) is 4.72 Å². The van der Waals surface area contributed by atoms with Crippen molar-refractivity contribution in [3.05, 3.63) is 35.4 Å². The van der Waals surface area contributed by atoms with E-state index in [0.717, 1.165) is 11.1 Å². The molecule has 0 saturated carbocycles. The van der Waals surface area contributed by atoms with E-state index in [0.29, 0.717) is 0 Å². The lowest BCUT2D eigenvalue weighted by Gasteiger charge is -2.03. The number of rotatable bonds is 4. The van der Waals surface area contributed by atoms with Gasteiger partial charge in [0, 0.05) is 6.54 Å². The second kappa shape index (κ2) is 4.75. The third kappa shape index (κ3) is 3.63. The molecule has 0 fully saturated rings. The molecule has 4 nitrogen and oxygen atoms in total. The van der Waals surface area contributed by atoms with E-state index in [1.165, 1.54) is 0 Å². The maximum absolute atomic E-state index is 10.9. The predicted molar refractivity (Wildman–Crippen MR) is 55.9 cm³/mol. The molecule has 1 rings (SSSR count). The molecule has 0 saturated heterocycles. The van der Waals surface area contributed by atoms with Crippen molar-refractivity contribution >= 4 is 22.0 Å². The first-order valence-electron chi connectivity index (χ1n) is 3.96. The van der Waals surface area contributed by atoms with E-state index < -0.39 is 10.2 Å².